The lowest BCUT2D eigenvalue weighted by atomic mass is 10.1. The number of carbonyl (C=O) groups excluding carboxylic acids is 1. The monoisotopic (exact) mass is 412 g/mol. The second-order valence-corrected chi connectivity index (χ2v) is 7.15. The van der Waals surface area contributed by atoms with Gasteiger partial charge in [-0.15, -0.1) is 5.10 Å². The molecule has 3 aromatic rings. The predicted molar refractivity (Wildman–Crippen MR) is 106 cm³/mol. The first-order chi connectivity index (χ1) is 12.6. The first kappa shape index (κ1) is 18.3. The van der Waals surface area contributed by atoms with Crippen molar-refractivity contribution in [3.05, 3.63) is 76.0 Å². The van der Waals surface area contributed by atoms with E-state index in [0.29, 0.717) is 12.2 Å². The van der Waals surface area contributed by atoms with Crippen molar-refractivity contribution in [1.82, 2.24) is 19.9 Å². The normalized spacial score (nSPS) is 10.7. The summed E-state index contributed by atoms with van der Waals surface area (Å²) in [7, 11) is 1.81. The number of aromatic nitrogens is 3. The summed E-state index contributed by atoms with van der Waals surface area (Å²) >= 11 is 3.45. The third-order valence-electron chi connectivity index (χ3n) is 4.30. The number of halogens is 1. The number of hydrogen-bond donors (Lipinski definition) is 0. The van der Waals surface area contributed by atoms with Gasteiger partial charge in [0.2, 0.25) is 0 Å². The first-order valence-corrected chi connectivity index (χ1v) is 9.33. The molecule has 0 aliphatic heterocycles. The molecule has 0 aliphatic rings. The van der Waals surface area contributed by atoms with Gasteiger partial charge in [-0.25, -0.2) is 4.68 Å². The minimum atomic E-state index is -0.100. The molecule has 0 saturated heterocycles. The standard InChI is InChI=1S/C20H21BrN4O/c1-15-19(22-23-25(15)18-12-6-11-17(21)14-18)20(26)24(2)13-7-10-16-8-4-3-5-9-16/h3-6,8-9,11-12,14H,7,10,13H2,1-2H3. The molecule has 1 amide bonds. The molecular formula is C20H21BrN4O. The van der Waals surface area contributed by atoms with Gasteiger partial charge in [0.15, 0.2) is 5.69 Å². The van der Waals surface area contributed by atoms with E-state index in [9.17, 15) is 4.79 Å². The van der Waals surface area contributed by atoms with Crippen molar-refractivity contribution >= 4 is 21.8 Å². The highest BCUT2D eigenvalue weighted by Gasteiger charge is 2.20. The maximum atomic E-state index is 12.7. The molecule has 6 heteroatoms. The molecule has 1 heterocycles. The Morgan fingerprint density at radius 3 is 2.65 bits per heavy atom. The Kier molecular flexibility index (Phi) is 5.83. The topological polar surface area (TPSA) is 51.0 Å². The fourth-order valence-electron chi connectivity index (χ4n) is 2.83. The Morgan fingerprint density at radius 2 is 1.92 bits per heavy atom. The van der Waals surface area contributed by atoms with Crippen molar-refractivity contribution in [2.24, 2.45) is 0 Å². The summed E-state index contributed by atoms with van der Waals surface area (Å²) in [6.45, 7) is 2.54. The summed E-state index contributed by atoms with van der Waals surface area (Å²) in [6.07, 6.45) is 1.85. The zero-order valence-corrected chi connectivity index (χ0v) is 16.5. The van der Waals surface area contributed by atoms with Gasteiger partial charge < -0.3 is 4.90 Å². The lowest BCUT2D eigenvalue weighted by molar-refractivity contribution is 0.0787. The van der Waals surface area contributed by atoms with Crippen LogP contribution in [0.2, 0.25) is 0 Å². The second-order valence-electron chi connectivity index (χ2n) is 6.23. The van der Waals surface area contributed by atoms with Crippen LogP contribution in [0.25, 0.3) is 5.69 Å². The molecule has 0 unspecified atom stereocenters. The van der Waals surface area contributed by atoms with Crippen molar-refractivity contribution < 1.29 is 4.79 Å². The van der Waals surface area contributed by atoms with E-state index in [1.165, 1.54) is 5.56 Å². The molecule has 2 aromatic carbocycles. The van der Waals surface area contributed by atoms with Crippen LogP contribution in [0.4, 0.5) is 0 Å². The van der Waals surface area contributed by atoms with Gasteiger partial charge >= 0.3 is 0 Å². The van der Waals surface area contributed by atoms with E-state index in [-0.39, 0.29) is 5.91 Å². The molecule has 0 saturated carbocycles. The van der Waals surface area contributed by atoms with E-state index < -0.39 is 0 Å². The Hall–Kier alpha value is -2.47. The van der Waals surface area contributed by atoms with Gasteiger partial charge in [0.05, 0.1) is 11.4 Å². The Balaban J connectivity index is 1.66. The fourth-order valence-corrected chi connectivity index (χ4v) is 3.21. The highest BCUT2D eigenvalue weighted by molar-refractivity contribution is 9.10. The second kappa shape index (κ2) is 8.27. The molecule has 134 valence electrons. The summed E-state index contributed by atoms with van der Waals surface area (Å²) < 4.78 is 2.64. The molecule has 1 aromatic heterocycles. The molecule has 0 fully saturated rings. The highest BCUT2D eigenvalue weighted by atomic mass is 79.9. The zero-order chi connectivity index (χ0) is 18.5. The summed E-state index contributed by atoms with van der Waals surface area (Å²) in [5.74, 6) is -0.100. The molecule has 0 radical (unpaired) electrons. The molecule has 3 rings (SSSR count). The number of hydrogen-bond acceptors (Lipinski definition) is 3. The number of benzene rings is 2. The summed E-state index contributed by atoms with van der Waals surface area (Å²) in [6, 6.07) is 18.0. The summed E-state index contributed by atoms with van der Waals surface area (Å²) in [4.78, 5) is 14.4. The van der Waals surface area contributed by atoms with E-state index >= 15 is 0 Å². The van der Waals surface area contributed by atoms with E-state index in [1.54, 1.807) is 9.58 Å². The van der Waals surface area contributed by atoms with E-state index in [4.69, 9.17) is 0 Å². The zero-order valence-electron chi connectivity index (χ0n) is 14.9. The molecule has 5 nitrogen and oxygen atoms in total. The SMILES string of the molecule is Cc1c(C(=O)N(C)CCCc2ccccc2)nnn1-c1cccc(Br)c1. The number of carbonyl (C=O) groups is 1. The van der Waals surface area contributed by atoms with Crippen LogP contribution in [0.1, 0.15) is 28.2 Å². The van der Waals surface area contributed by atoms with Gasteiger partial charge in [0.25, 0.3) is 5.91 Å². The first-order valence-electron chi connectivity index (χ1n) is 8.54. The highest BCUT2D eigenvalue weighted by Crippen LogP contribution is 2.18. The van der Waals surface area contributed by atoms with Crippen molar-refractivity contribution in [2.45, 2.75) is 19.8 Å². The third-order valence-corrected chi connectivity index (χ3v) is 4.79. The molecule has 0 spiro atoms. The van der Waals surface area contributed by atoms with Crippen molar-refractivity contribution in [2.75, 3.05) is 13.6 Å². The Bertz CT molecular complexity index is 892. The van der Waals surface area contributed by atoms with Gasteiger partial charge in [0, 0.05) is 18.1 Å². The quantitative estimate of drug-likeness (QED) is 0.613. The average molecular weight is 413 g/mol. The van der Waals surface area contributed by atoms with Gasteiger partial charge in [0.1, 0.15) is 0 Å². The van der Waals surface area contributed by atoms with Crippen LogP contribution in [0.5, 0.6) is 0 Å². The summed E-state index contributed by atoms with van der Waals surface area (Å²) in [5.41, 5.74) is 3.29. The summed E-state index contributed by atoms with van der Waals surface area (Å²) in [5, 5.41) is 8.27. The largest absolute Gasteiger partial charge is 0.340 e. The lowest BCUT2D eigenvalue weighted by Gasteiger charge is -2.16. The van der Waals surface area contributed by atoms with Crippen LogP contribution in [-0.2, 0) is 6.42 Å². The van der Waals surface area contributed by atoms with E-state index in [0.717, 1.165) is 28.7 Å². The number of rotatable bonds is 6. The predicted octanol–water partition coefficient (Wildman–Crippen LogP) is 4.04. The van der Waals surface area contributed by atoms with Crippen LogP contribution >= 0.6 is 15.9 Å². The fraction of sp³-hybridized carbons (Fsp3) is 0.250. The van der Waals surface area contributed by atoms with Crippen LogP contribution < -0.4 is 0 Å². The maximum Gasteiger partial charge on any atom is 0.276 e. The van der Waals surface area contributed by atoms with Crippen molar-refractivity contribution in [3.63, 3.8) is 0 Å². The smallest absolute Gasteiger partial charge is 0.276 e. The lowest BCUT2D eigenvalue weighted by Crippen LogP contribution is -2.29. The minimum Gasteiger partial charge on any atom is -0.340 e. The van der Waals surface area contributed by atoms with E-state index in [1.807, 2.05) is 56.4 Å². The maximum absolute atomic E-state index is 12.7. The van der Waals surface area contributed by atoms with Gasteiger partial charge in [-0.1, -0.05) is 57.5 Å². The van der Waals surface area contributed by atoms with Crippen LogP contribution in [0, 0.1) is 6.92 Å². The third kappa shape index (κ3) is 4.19. The van der Waals surface area contributed by atoms with Crippen LogP contribution in [-0.4, -0.2) is 39.4 Å². The molecule has 0 aliphatic carbocycles. The molecule has 0 bridgehead atoms. The molecule has 26 heavy (non-hydrogen) atoms. The van der Waals surface area contributed by atoms with E-state index in [2.05, 4.69) is 38.4 Å². The number of nitrogens with zero attached hydrogens (tertiary/aromatic N) is 4. The van der Waals surface area contributed by atoms with Gasteiger partial charge in [-0.2, -0.15) is 0 Å². The number of amides is 1. The molecule has 0 N–H and O–H groups in total. The van der Waals surface area contributed by atoms with Crippen LogP contribution in [0.15, 0.2) is 59.1 Å². The van der Waals surface area contributed by atoms with Gasteiger partial charge in [-0.3, -0.25) is 4.79 Å². The molecule has 0 atom stereocenters. The molecular weight excluding hydrogens is 392 g/mol. The average Bonchev–Trinajstić information content (AvgIpc) is 3.03. The van der Waals surface area contributed by atoms with Crippen molar-refractivity contribution in [1.29, 1.82) is 0 Å². The minimum absolute atomic E-state index is 0.100. The Labute approximate surface area is 161 Å². The van der Waals surface area contributed by atoms with Gasteiger partial charge in [-0.05, 0) is 43.5 Å². The Morgan fingerprint density at radius 1 is 1.15 bits per heavy atom. The van der Waals surface area contributed by atoms with Crippen molar-refractivity contribution in [3.8, 4) is 5.69 Å². The van der Waals surface area contributed by atoms with Crippen LogP contribution in [0.3, 0.4) is 0 Å². The number of aryl methyl sites for hydroxylation is 1.